The van der Waals surface area contributed by atoms with Crippen molar-refractivity contribution in [1.29, 1.82) is 0 Å². The summed E-state index contributed by atoms with van der Waals surface area (Å²) < 4.78 is 7.16. The second-order valence-electron chi connectivity index (χ2n) is 5.51. The zero-order valence-corrected chi connectivity index (χ0v) is 13.2. The third-order valence-corrected chi connectivity index (χ3v) is 3.74. The summed E-state index contributed by atoms with van der Waals surface area (Å²) >= 11 is 0. The van der Waals surface area contributed by atoms with Crippen molar-refractivity contribution in [2.24, 2.45) is 7.05 Å². The average molecular weight is 299 g/mol. The van der Waals surface area contributed by atoms with Crippen LogP contribution in [0.4, 0.5) is 5.82 Å². The van der Waals surface area contributed by atoms with E-state index in [-0.39, 0.29) is 6.04 Å². The lowest BCUT2D eigenvalue weighted by Gasteiger charge is -2.15. The second kappa shape index (κ2) is 6.17. The van der Waals surface area contributed by atoms with Crippen molar-refractivity contribution in [3.05, 3.63) is 36.2 Å². The lowest BCUT2D eigenvalue weighted by atomic mass is 10.1. The molecule has 0 aliphatic heterocycles. The van der Waals surface area contributed by atoms with E-state index < -0.39 is 0 Å². The predicted molar refractivity (Wildman–Crippen MR) is 85.8 cm³/mol. The van der Waals surface area contributed by atoms with Gasteiger partial charge in [-0.15, -0.1) is 0 Å². The van der Waals surface area contributed by atoms with Gasteiger partial charge in [0.2, 0.25) is 0 Å². The minimum Gasteiger partial charge on any atom is -0.469 e. The molecule has 0 aliphatic rings. The van der Waals surface area contributed by atoms with Crippen LogP contribution in [0.2, 0.25) is 0 Å². The van der Waals surface area contributed by atoms with Crippen LogP contribution in [0.25, 0.3) is 11.0 Å². The van der Waals surface area contributed by atoms with Crippen molar-refractivity contribution in [2.45, 2.75) is 39.2 Å². The molecule has 6 heteroatoms. The summed E-state index contributed by atoms with van der Waals surface area (Å²) in [5.74, 6) is 2.70. The molecule has 3 heterocycles. The number of furan rings is 1. The number of aromatic nitrogens is 4. The maximum absolute atomic E-state index is 5.38. The molecule has 0 aromatic carbocycles. The van der Waals surface area contributed by atoms with Gasteiger partial charge in [-0.1, -0.05) is 6.92 Å². The van der Waals surface area contributed by atoms with Gasteiger partial charge in [0, 0.05) is 25.9 Å². The summed E-state index contributed by atoms with van der Waals surface area (Å²) in [6.45, 7) is 4.21. The van der Waals surface area contributed by atoms with Gasteiger partial charge in [0.05, 0.1) is 17.8 Å². The summed E-state index contributed by atoms with van der Waals surface area (Å²) in [7, 11) is 1.90. The van der Waals surface area contributed by atoms with Crippen molar-refractivity contribution in [1.82, 2.24) is 19.7 Å². The van der Waals surface area contributed by atoms with E-state index in [4.69, 9.17) is 4.42 Å². The smallest absolute Gasteiger partial charge is 0.163 e. The summed E-state index contributed by atoms with van der Waals surface area (Å²) in [6, 6.07) is 4.21. The minimum absolute atomic E-state index is 0.285. The molecule has 0 saturated carbocycles. The van der Waals surface area contributed by atoms with Gasteiger partial charge in [-0.05, 0) is 25.5 Å². The fourth-order valence-electron chi connectivity index (χ4n) is 2.45. The molecule has 0 unspecified atom stereocenters. The first kappa shape index (κ1) is 14.6. The van der Waals surface area contributed by atoms with Crippen LogP contribution in [-0.4, -0.2) is 25.8 Å². The molecule has 0 aliphatic carbocycles. The highest BCUT2D eigenvalue weighted by Crippen LogP contribution is 2.21. The topological polar surface area (TPSA) is 68.8 Å². The van der Waals surface area contributed by atoms with Crippen LogP contribution in [0, 0.1) is 0 Å². The summed E-state index contributed by atoms with van der Waals surface area (Å²) in [5, 5.41) is 8.74. The van der Waals surface area contributed by atoms with Crippen LogP contribution in [0.5, 0.6) is 0 Å². The van der Waals surface area contributed by atoms with Gasteiger partial charge in [0.25, 0.3) is 0 Å². The Hall–Kier alpha value is -2.37. The minimum atomic E-state index is 0.285. The van der Waals surface area contributed by atoms with Gasteiger partial charge in [-0.3, -0.25) is 4.68 Å². The Morgan fingerprint density at radius 3 is 2.95 bits per heavy atom. The molecule has 1 N–H and O–H groups in total. The largest absolute Gasteiger partial charge is 0.469 e. The first-order valence-corrected chi connectivity index (χ1v) is 7.65. The standard InChI is InChI=1S/C16H21N5O/c1-4-14-19-15(13-10-17-21(3)16(13)20-14)18-11(2)7-8-12-6-5-9-22-12/h5-6,9-11H,4,7-8H2,1-3H3,(H,18,19,20)/t11-/m0/s1. The normalized spacial score (nSPS) is 12.7. The quantitative estimate of drug-likeness (QED) is 0.758. The third-order valence-electron chi connectivity index (χ3n) is 3.74. The Balaban J connectivity index is 1.77. The Labute approximate surface area is 129 Å². The maximum Gasteiger partial charge on any atom is 0.163 e. The first-order valence-electron chi connectivity index (χ1n) is 7.65. The van der Waals surface area contributed by atoms with E-state index in [1.807, 2.05) is 25.4 Å². The monoisotopic (exact) mass is 299 g/mol. The molecule has 0 saturated heterocycles. The van der Waals surface area contributed by atoms with Gasteiger partial charge < -0.3 is 9.73 Å². The third kappa shape index (κ3) is 2.95. The van der Waals surface area contributed by atoms with Crippen LogP contribution in [0.3, 0.4) is 0 Å². The van der Waals surface area contributed by atoms with Crippen molar-refractivity contribution >= 4 is 16.9 Å². The molecular weight excluding hydrogens is 278 g/mol. The highest BCUT2D eigenvalue weighted by Gasteiger charge is 2.13. The summed E-state index contributed by atoms with van der Waals surface area (Å²) in [5.41, 5.74) is 0.868. The zero-order valence-electron chi connectivity index (χ0n) is 13.2. The highest BCUT2D eigenvalue weighted by molar-refractivity contribution is 5.86. The molecule has 0 spiro atoms. The molecule has 0 radical (unpaired) electrons. The van der Waals surface area contributed by atoms with E-state index >= 15 is 0 Å². The summed E-state index contributed by atoms with van der Waals surface area (Å²) in [6.07, 6.45) is 6.21. The van der Waals surface area contributed by atoms with E-state index in [0.717, 1.165) is 47.7 Å². The van der Waals surface area contributed by atoms with Gasteiger partial charge in [-0.2, -0.15) is 5.10 Å². The van der Waals surface area contributed by atoms with Crippen LogP contribution in [0.15, 0.2) is 29.0 Å². The van der Waals surface area contributed by atoms with E-state index in [2.05, 4.69) is 34.2 Å². The number of hydrogen-bond acceptors (Lipinski definition) is 5. The SMILES string of the molecule is CCc1nc(N[C@@H](C)CCc2ccco2)c2cnn(C)c2n1. The lowest BCUT2D eigenvalue weighted by Crippen LogP contribution is -2.17. The maximum atomic E-state index is 5.38. The van der Waals surface area contributed by atoms with Crippen molar-refractivity contribution in [3.8, 4) is 0 Å². The first-order chi connectivity index (χ1) is 10.7. The Morgan fingerprint density at radius 2 is 2.23 bits per heavy atom. The number of rotatable bonds is 6. The van der Waals surface area contributed by atoms with Crippen molar-refractivity contribution in [2.75, 3.05) is 5.32 Å². The fourth-order valence-corrected chi connectivity index (χ4v) is 2.45. The molecule has 22 heavy (non-hydrogen) atoms. The van der Waals surface area contributed by atoms with Gasteiger partial charge in [0.15, 0.2) is 5.65 Å². The van der Waals surface area contributed by atoms with Gasteiger partial charge in [0.1, 0.15) is 17.4 Å². The number of aryl methyl sites for hydroxylation is 3. The fraction of sp³-hybridized carbons (Fsp3) is 0.438. The number of anilines is 1. The van der Waals surface area contributed by atoms with Crippen molar-refractivity contribution < 1.29 is 4.42 Å². The molecule has 0 amide bonds. The Morgan fingerprint density at radius 1 is 1.36 bits per heavy atom. The van der Waals surface area contributed by atoms with Crippen LogP contribution in [-0.2, 0) is 19.9 Å². The van der Waals surface area contributed by atoms with E-state index in [0.29, 0.717) is 0 Å². The van der Waals surface area contributed by atoms with Crippen LogP contribution < -0.4 is 5.32 Å². The molecule has 0 fully saturated rings. The number of fused-ring (bicyclic) bond motifs is 1. The molecule has 0 bridgehead atoms. The molecule has 3 aromatic rings. The van der Waals surface area contributed by atoms with Crippen LogP contribution in [0.1, 0.15) is 31.9 Å². The highest BCUT2D eigenvalue weighted by atomic mass is 16.3. The molecule has 116 valence electrons. The average Bonchev–Trinajstić information content (AvgIpc) is 3.15. The Kier molecular flexibility index (Phi) is 4.09. The van der Waals surface area contributed by atoms with Gasteiger partial charge >= 0.3 is 0 Å². The van der Waals surface area contributed by atoms with Crippen LogP contribution >= 0.6 is 0 Å². The van der Waals surface area contributed by atoms with Crippen molar-refractivity contribution in [3.63, 3.8) is 0 Å². The van der Waals surface area contributed by atoms with Gasteiger partial charge in [-0.25, -0.2) is 9.97 Å². The summed E-state index contributed by atoms with van der Waals surface area (Å²) in [4.78, 5) is 9.16. The Bertz CT molecular complexity index is 747. The molecule has 1 atom stereocenters. The van der Waals surface area contributed by atoms with E-state index in [1.165, 1.54) is 0 Å². The molecule has 3 rings (SSSR count). The van der Waals surface area contributed by atoms with E-state index in [9.17, 15) is 0 Å². The number of nitrogens with zero attached hydrogens (tertiary/aromatic N) is 4. The second-order valence-corrected chi connectivity index (χ2v) is 5.51. The molecule has 3 aromatic heterocycles. The lowest BCUT2D eigenvalue weighted by molar-refractivity contribution is 0.495. The van der Waals surface area contributed by atoms with E-state index in [1.54, 1.807) is 10.9 Å². The molecule has 6 nitrogen and oxygen atoms in total. The predicted octanol–water partition coefficient (Wildman–Crippen LogP) is 2.95. The number of nitrogens with one attached hydrogen (secondary N) is 1. The zero-order chi connectivity index (χ0) is 15.5. The number of hydrogen-bond donors (Lipinski definition) is 1. The molecular formula is C16H21N5O.